The van der Waals surface area contributed by atoms with Gasteiger partial charge in [-0.05, 0) is 23.6 Å². The molecule has 3 N–H and O–H groups in total. The van der Waals surface area contributed by atoms with Crippen LogP contribution in [-0.4, -0.2) is 37.4 Å². The van der Waals surface area contributed by atoms with E-state index in [9.17, 15) is 4.79 Å². The molecule has 0 unspecified atom stereocenters. The van der Waals surface area contributed by atoms with Crippen LogP contribution in [0.2, 0.25) is 0 Å². The summed E-state index contributed by atoms with van der Waals surface area (Å²) in [5.41, 5.74) is 7.85. The van der Waals surface area contributed by atoms with Crippen molar-refractivity contribution in [3.8, 4) is 0 Å². The summed E-state index contributed by atoms with van der Waals surface area (Å²) < 4.78 is 0. The van der Waals surface area contributed by atoms with Crippen LogP contribution in [0, 0.1) is 0 Å². The standard InChI is InChI=1S/C14H22N4O.HI/c1-10(2)11-6-5-7-12(8-11)17-14(15)16-9-13(19)18(3)4;/h5-8,10H,9H2,1-4H3,(H3,15,16,17);1H. The molecule has 1 amide bonds. The molecule has 6 heteroatoms. The summed E-state index contributed by atoms with van der Waals surface area (Å²) >= 11 is 0. The SMILES string of the molecule is CC(C)c1cccc(NC(N)=NCC(=O)N(C)C)c1.I. The maximum absolute atomic E-state index is 11.4. The number of nitrogens with zero attached hydrogens (tertiary/aromatic N) is 2. The molecule has 0 spiro atoms. The molecule has 0 saturated heterocycles. The Hall–Kier alpha value is -1.31. The Morgan fingerprint density at radius 2 is 2.05 bits per heavy atom. The maximum atomic E-state index is 11.4. The van der Waals surface area contributed by atoms with Crippen molar-refractivity contribution in [1.29, 1.82) is 0 Å². The van der Waals surface area contributed by atoms with Crippen LogP contribution < -0.4 is 11.1 Å². The van der Waals surface area contributed by atoms with Crippen LogP contribution in [0.5, 0.6) is 0 Å². The molecule has 0 aromatic heterocycles. The predicted molar refractivity (Wildman–Crippen MR) is 94.8 cm³/mol. The van der Waals surface area contributed by atoms with Gasteiger partial charge in [0.05, 0.1) is 0 Å². The third-order valence-corrected chi connectivity index (χ3v) is 2.71. The minimum absolute atomic E-state index is 0. The largest absolute Gasteiger partial charge is 0.370 e. The quantitative estimate of drug-likeness (QED) is 0.471. The molecular weight excluding hydrogens is 367 g/mol. The monoisotopic (exact) mass is 390 g/mol. The zero-order valence-electron chi connectivity index (χ0n) is 12.4. The minimum atomic E-state index is -0.0827. The smallest absolute Gasteiger partial charge is 0.243 e. The Labute approximate surface area is 137 Å². The lowest BCUT2D eigenvalue weighted by molar-refractivity contribution is -0.127. The molecule has 0 fully saturated rings. The summed E-state index contributed by atoms with van der Waals surface area (Å²) in [6.45, 7) is 4.31. The molecule has 0 heterocycles. The topological polar surface area (TPSA) is 70.7 Å². The van der Waals surface area contributed by atoms with Gasteiger partial charge >= 0.3 is 0 Å². The van der Waals surface area contributed by atoms with Gasteiger partial charge < -0.3 is 16.0 Å². The number of hydrogen-bond acceptors (Lipinski definition) is 2. The summed E-state index contributed by atoms with van der Waals surface area (Å²) in [6.07, 6.45) is 0. The zero-order valence-corrected chi connectivity index (χ0v) is 14.7. The Bertz CT molecular complexity index is 472. The predicted octanol–water partition coefficient (Wildman–Crippen LogP) is 2.24. The molecule has 0 atom stereocenters. The van der Waals surface area contributed by atoms with Crippen molar-refractivity contribution in [1.82, 2.24) is 4.90 Å². The second-order valence-electron chi connectivity index (χ2n) is 4.89. The van der Waals surface area contributed by atoms with Crippen LogP contribution in [0.3, 0.4) is 0 Å². The summed E-state index contributed by atoms with van der Waals surface area (Å²) in [5, 5.41) is 2.99. The molecule has 112 valence electrons. The lowest BCUT2D eigenvalue weighted by Gasteiger charge is -2.11. The van der Waals surface area contributed by atoms with Crippen LogP contribution in [0.15, 0.2) is 29.3 Å². The zero-order chi connectivity index (χ0) is 14.4. The van der Waals surface area contributed by atoms with Crippen molar-refractivity contribution in [3.05, 3.63) is 29.8 Å². The van der Waals surface area contributed by atoms with Crippen LogP contribution in [-0.2, 0) is 4.79 Å². The van der Waals surface area contributed by atoms with Crippen molar-refractivity contribution >= 4 is 41.5 Å². The van der Waals surface area contributed by atoms with Crippen molar-refractivity contribution in [2.45, 2.75) is 19.8 Å². The van der Waals surface area contributed by atoms with Crippen molar-refractivity contribution < 1.29 is 4.79 Å². The van der Waals surface area contributed by atoms with Crippen molar-refractivity contribution in [3.63, 3.8) is 0 Å². The van der Waals surface area contributed by atoms with Crippen LogP contribution in [0.1, 0.15) is 25.3 Å². The van der Waals surface area contributed by atoms with E-state index in [1.165, 1.54) is 10.5 Å². The van der Waals surface area contributed by atoms with E-state index in [1.54, 1.807) is 14.1 Å². The van der Waals surface area contributed by atoms with Crippen molar-refractivity contribution in [2.24, 2.45) is 10.7 Å². The number of anilines is 1. The minimum Gasteiger partial charge on any atom is -0.370 e. The first-order valence-electron chi connectivity index (χ1n) is 6.27. The maximum Gasteiger partial charge on any atom is 0.243 e. The van der Waals surface area contributed by atoms with Gasteiger partial charge in [0.1, 0.15) is 6.54 Å². The summed E-state index contributed by atoms with van der Waals surface area (Å²) in [5.74, 6) is 0.618. The number of amides is 1. The number of hydrogen-bond donors (Lipinski definition) is 2. The van der Waals surface area contributed by atoms with Gasteiger partial charge in [0.15, 0.2) is 5.96 Å². The van der Waals surface area contributed by atoms with Gasteiger partial charge in [-0.2, -0.15) is 0 Å². The van der Waals surface area contributed by atoms with Gasteiger partial charge in [0.25, 0.3) is 0 Å². The highest BCUT2D eigenvalue weighted by Crippen LogP contribution is 2.18. The van der Waals surface area contributed by atoms with Gasteiger partial charge in [-0.1, -0.05) is 26.0 Å². The molecule has 0 aliphatic rings. The number of nitrogens with two attached hydrogens (primary N) is 1. The fraction of sp³-hybridized carbons (Fsp3) is 0.429. The average Bonchev–Trinajstić information content (AvgIpc) is 2.36. The Morgan fingerprint density at radius 1 is 1.40 bits per heavy atom. The molecule has 20 heavy (non-hydrogen) atoms. The fourth-order valence-corrected chi connectivity index (χ4v) is 1.46. The molecule has 0 aliphatic heterocycles. The summed E-state index contributed by atoms with van der Waals surface area (Å²) in [7, 11) is 3.38. The third-order valence-electron chi connectivity index (χ3n) is 2.71. The molecule has 5 nitrogen and oxygen atoms in total. The first kappa shape index (κ1) is 18.7. The highest BCUT2D eigenvalue weighted by Gasteiger charge is 2.04. The summed E-state index contributed by atoms with van der Waals surface area (Å²) in [4.78, 5) is 16.9. The van der Waals surface area contributed by atoms with E-state index in [2.05, 4.69) is 30.2 Å². The molecule has 1 aromatic carbocycles. The van der Waals surface area contributed by atoms with E-state index in [0.29, 0.717) is 5.92 Å². The average molecular weight is 390 g/mol. The number of rotatable bonds is 4. The Morgan fingerprint density at radius 3 is 2.60 bits per heavy atom. The highest BCUT2D eigenvalue weighted by molar-refractivity contribution is 14.0. The van der Waals surface area contributed by atoms with Crippen LogP contribution >= 0.6 is 24.0 Å². The van der Waals surface area contributed by atoms with E-state index < -0.39 is 0 Å². The molecular formula is C14H23IN4O. The first-order chi connectivity index (χ1) is 8.90. The molecule has 0 aliphatic carbocycles. The number of likely N-dealkylation sites (N-methyl/N-ethyl adjacent to an activating group) is 1. The Balaban J connectivity index is 0.00000361. The van der Waals surface area contributed by atoms with Crippen molar-refractivity contribution in [2.75, 3.05) is 26.0 Å². The first-order valence-corrected chi connectivity index (χ1v) is 6.27. The number of carbonyl (C=O) groups excluding carboxylic acids is 1. The molecule has 1 aromatic rings. The normalized spacial score (nSPS) is 10.9. The highest BCUT2D eigenvalue weighted by atomic mass is 127. The number of aliphatic imine (C=N–C) groups is 1. The summed E-state index contributed by atoms with van der Waals surface area (Å²) in [6, 6.07) is 7.98. The van der Waals surface area contributed by atoms with Gasteiger partial charge in [-0.3, -0.25) is 4.79 Å². The second kappa shape index (κ2) is 8.78. The van der Waals surface area contributed by atoms with E-state index in [1.807, 2.05) is 18.2 Å². The van der Waals surface area contributed by atoms with Gasteiger partial charge in [0.2, 0.25) is 5.91 Å². The van der Waals surface area contributed by atoms with Crippen LogP contribution in [0.25, 0.3) is 0 Å². The van der Waals surface area contributed by atoms with Crippen LogP contribution in [0.4, 0.5) is 5.69 Å². The number of carbonyl (C=O) groups is 1. The lowest BCUT2D eigenvalue weighted by Crippen LogP contribution is -2.28. The van der Waals surface area contributed by atoms with Gasteiger partial charge in [-0.15, -0.1) is 24.0 Å². The number of halogens is 1. The molecule has 0 radical (unpaired) electrons. The molecule has 1 rings (SSSR count). The number of benzene rings is 1. The van der Waals surface area contributed by atoms with Gasteiger partial charge in [-0.25, -0.2) is 4.99 Å². The third kappa shape index (κ3) is 6.23. The van der Waals surface area contributed by atoms with E-state index in [-0.39, 0.29) is 42.4 Å². The number of nitrogens with one attached hydrogen (secondary N) is 1. The van der Waals surface area contributed by atoms with E-state index in [4.69, 9.17) is 5.73 Å². The fourth-order valence-electron chi connectivity index (χ4n) is 1.46. The van der Waals surface area contributed by atoms with E-state index >= 15 is 0 Å². The number of guanidine groups is 1. The molecule has 0 saturated carbocycles. The second-order valence-corrected chi connectivity index (χ2v) is 4.89. The Kier molecular flexibility index (Phi) is 8.21. The van der Waals surface area contributed by atoms with E-state index in [0.717, 1.165) is 5.69 Å². The lowest BCUT2D eigenvalue weighted by atomic mass is 10.0. The molecule has 0 bridgehead atoms. The van der Waals surface area contributed by atoms with Gasteiger partial charge in [0, 0.05) is 19.8 Å².